The highest BCUT2D eigenvalue weighted by Crippen LogP contribution is 2.04. The van der Waals surface area contributed by atoms with Crippen LogP contribution in [-0.2, 0) is 0 Å². The summed E-state index contributed by atoms with van der Waals surface area (Å²) in [7, 11) is 0. The molecule has 0 bridgehead atoms. The van der Waals surface area contributed by atoms with E-state index in [9.17, 15) is 4.79 Å². The summed E-state index contributed by atoms with van der Waals surface area (Å²) in [5.41, 5.74) is 1.05. The topological polar surface area (TPSA) is 52.9 Å². The maximum atomic E-state index is 11.6. The molecule has 16 heavy (non-hydrogen) atoms. The van der Waals surface area contributed by atoms with Crippen molar-refractivity contribution in [3.63, 3.8) is 0 Å². The van der Waals surface area contributed by atoms with Crippen molar-refractivity contribution >= 4 is 21.8 Å². The van der Waals surface area contributed by atoms with E-state index in [2.05, 4.69) is 21.2 Å². The first kappa shape index (κ1) is 12.7. The molecule has 3 nitrogen and oxygen atoms in total. The number of alkyl halides is 1. The van der Waals surface area contributed by atoms with E-state index in [-0.39, 0.29) is 5.91 Å². The highest BCUT2D eigenvalue weighted by molar-refractivity contribution is 9.09. The average Bonchev–Trinajstić information content (AvgIpc) is 2.34. The normalized spacial score (nSPS) is 9.50. The zero-order chi connectivity index (χ0) is 11.8. The Morgan fingerprint density at radius 1 is 1.44 bits per heavy atom. The van der Waals surface area contributed by atoms with Crippen LogP contribution in [0.25, 0.3) is 0 Å². The molecule has 0 aromatic heterocycles. The maximum Gasteiger partial charge on any atom is 0.251 e. The van der Waals surface area contributed by atoms with Crippen molar-refractivity contribution in [3.05, 3.63) is 35.4 Å². The molecule has 1 amide bonds. The number of carbonyl (C=O) groups is 1. The molecular formula is C12H13BrN2O. The third-order valence-electron chi connectivity index (χ3n) is 2.10. The fourth-order valence-corrected chi connectivity index (χ4v) is 1.65. The molecule has 0 aliphatic rings. The summed E-state index contributed by atoms with van der Waals surface area (Å²) in [4.78, 5) is 11.6. The van der Waals surface area contributed by atoms with E-state index in [0.717, 1.165) is 18.2 Å². The van der Waals surface area contributed by atoms with Gasteiger partial charge in [-0.25, -0.2) is 0 Å². The van der Waals surface area contributed by atoms with Crippen LogP contribution in [0, 0.1) is 11.3 Å². The van der Waals surface area contributed by atoms with E-state index in [1.54, 1.807) is 24.3 Å². The predicted octanol–water partition coefficient (Wildman–Crippen LogP) is 2.46. The third kappa shape index (κ3) is 4.03. The molecule has 0 unspecified atom stereocenters. The summed E-state index contributed by atoms with van der Waals surface area (Å²) in [6, 6.07) is 8.71. The minimum Gasteiger partial charge on any atom is -0.352 e. The van der Waals surface area contributed by atoms with Crippen LogP contribution in [0.4, 0.5) is 0 Å². The SMILES string of the molecule is N#Cc1cccc(C(=O)NCCCCBr)c1. The Morgan fingerprint density at radius 3 is 2.94 bits per heavy atom. The van der Waals surface area contributed by atoms with E-state index >= 15 is 0 Å². The standard InChI is InChI=1S/C12H13BrN2O/c13-6-1-2-7-15-12(16)11-5-3-4-10(8-11)9-14/h3-5,8H,1-2,6-7H2,(H,15,16). The number of hydrogen-bond donors (Lipinski definition) is 1. The second-order valence-corrected chi connectivity index (χ2v) is 4.14. The molecule has 1 aromatic rings. The molecule has 0 fully saturated rings. The van der Waals surface area contributed by atoms with Crippen molar-refractivity contribution in [3.8, 4) is 6.07 Å². The number of nitrogens with one attached hydrogen (secondary N) is 1. The summed E-state index contributed by atoms with van der Waals surface area (Å²) in [5.74, 6) is -0.119. The van der Waals surface area contributed by atoms with Crippen LogP contribution in [0.2, 0.25) is 0 Å². The molecular weight excluding hydrogens is 268 g/mol. The van der Waals surface area contributed by atoms with Crippen molar-refractivity contribution in [2.24, 2.45) is 0 Å². The minimum atomic E-state index is -0.119. The largest absolute Gasteiger partial charge is 0.352 e. The lowest BCUT2D eigenvalue weighted by Crippen LogP contribution is -2.24. The molecule has 1 N–H and O–H groups in total. The lowest BCUT2D eigenvalue weighted by molar-refractivity contribution is 0.0953. The van der Waals surface area contributed by atoms with Crippen molar-refractivity contribution in [1.82, 2.24) is 5.32 Å². The van der Waals surface area contributed by atoms with E-state index in [0.29, 0.717) is 17.7 Å². The van der Waals surface area contributed by atoms with Gasteiger partial charge in [-0.1, -0.05) is 22.0 Å². The first-order valence-corrected chi connectivity index (χ1v) is 6.24. The number of carbonyl (C=O) groups excluding carboxylic acids is 1. The second kappa shape index (κ2) is 7.02. The second-order valence-electron chi connectivity index (χ2n) is 3.34. The molecule has 0 radical (unpaired) electrons. The highest BCUT2D eigenvalue weighted by Gasteiger charge is 2.04. The molecule has 0 aliphatic heterocycles. The van der Waals surface area contributed by atoms with Gasteiger partial charge in [0.15, 0.2) is 0 Å². The first-order valence-electron chi connectivity index (χ1n) is 5.12. The number of rotatable bonds is 5. The molecule has 1 aromatic carbocycles. The smallest absolute Gasteiger partial charge is 0.251 e. The molecule has 0 saturated heterocycles. The van der Waals surface area contributed by atoms with Gasteiger partial charge in [0.05, 0.1) is 11.6 Å². The van der Waals surface area contributed by atoms with Crippen LogP contribution >= 0.6 is 15.9 Å². The quantitative estimate of drug-likeness (QED) is 0.665. The Kier molecular flexibility index (Phi) is 5.58. The highest BCUT2D eigenvalue weighted by atomic mass is 79.9. The zero-order valence-electron chi connectivity index (χ0n) is 8.87. The van der Waals surface area contributed by atoms with Gasteiger partial charge in [-0.05, 0) is 31.0 Å². The number of halogens is 1. The molecule has 0 spiro atoms. The summed E-state index contributed by atoms with van der Waals surface area (Å²) < 4.78 is 0. The van der Waals surface area contributed by atoms with Crippen molar-refractivity contribution in [2.75, 3.05) is 11.9 Å². The average molecular weight is 281 g/mol. The maximum absolute atomic E-state index is 11.6. The van der Waals surface area contributed by atoms with Gasteiger partial charge >= 0.3 is 0 Å². The summed E-state index contributed by atoms with van der Waals surface area (Å²) in [6.07, 6.45) is 1.99. The minimum absolute atomic E-state index is 0.119. The molecule has 0 aliphatic carbocycles. The lowest BCUT2D eigenvalue weighted by Gasteiger charge is -2.04. The molecule has 84 valence electrons. The Balaban J connectivity index is 2.50. The van der Waals surface area contributed by atoms with Gasteiger partial charge in [0.25, 0.3) is 5.91 Å². The van der Waals surface area contributed by atoms with E-state index in [1.807, 2.05) is 6.07 Å². The van der Waals surface area contributed by atoms with Crippen LogP contribution in [0.3, 0.4) is 0 Å². The molecule has 0 saturated carbocycles. The van der Waals surface area contributed by atoms with Gasteiger partial charge in [0, 0.05) is 17.4 Å². The van der Waals surface area contributed by atoms with Crippen molar-refractivity contribution in [2.45, 2.75) is 12.8 Å². The van der Waals surface area contributed by atoms with E-state index < -0.39 is 0 Å². The van der Waals surface area contributed by atoms with Gasteiger partial charge < -0.3 is 5.32 Å². The number of hydrogen-bond acceptors (Lipinski definition) is 2. The van der Waals surface area contributed by atoms with Gasteiger partial charge in [-0.15, -0.1) is 0 Å². The Bertz CT molecular complexity index is 398. The van der Waals surface area contributed by atoms with Gasteiger partial charge in [0.1, 0.15) is 0 Å². The molecule has 0 heterocycles. The molecule has 0 atom stereocenters. The Hall–Kier alpha value is -1.34. The van der Waals surface area contributed by atoms with E-state index in [4.69, 9.17) is 5.26 Å². The van der Waals surface area contributed by atoms with Crippen molar-refractivity contribution in [1.29, 1.82) is 5.26 Å². The predicted molar refractivity (Wildman–Crippen MR) is 66.5 cm³/mol. The lowest BCUT2D eigenvalue weighted by atomic mass is 10.1. The van der Waals surface area contributed by atoms with Crippen LogP contribution < -0.4 is 5.32 Å². The number of amides is 1. The van der Waals surface area contributed by atoms with Crippen LogP contribution in [-0.4, -0.2) is 17.8 Å². The fourth-order valence-electron chi connectivity index (χ4n) is 1.25. The number of unbranched alkanes of at least 4 members (excludes halogenated alkanes) is 1. The fraction of sp³-hybridized carbons (Fsp3) is 0.333. The van der Waals surface area contributed by atoms with Gasteiger partial charge in [-0.3, -0.25) is 4.79 Å². The summed E-state index contributed by atoms with van der Waals surface area (Å²) >= 11 is 3.33. The molecule has 1 rings (SSSR count). The Labute approximate surface area is 104 Å². The summed E-state index contributed by atoms with van der Waals surface area (Å²) in [6.45, 7) is 0.668. The zero-order valence-corrected chi connectivity index (χ0v) is 10.5. The van der Waals surface area contributed by atoms with Gasteiger partial charge in [-0.2, -0.15) is 5.26 Å². The number of benzene rings is 1. The van der Waals surface area contributed by atoms with Crippen LogP contribution in [0.15, 0.2) is 24.3 Å². The Morgan fingerprint density at radius 2 is 2.25 bits per heavy atom. The van der Waals surface area contributed by atoms with Gasteiger partial charge in [0.2, 0.25) is 0 Å². The summed E-state index contributed by atoms with van der Waals surface area (Å²) in [5, 5.41) is 12.5. The molecule has 4 heteroatoms. The third-order valence-corrected chi connectivity index (χ3v) is 2.66. The number of nitriles is 1. The first-order chi connectivity index (χ1) is 7.77. The number of nitrogens with zero attached hydrogens (tertiary/aromatic N) is 1. The van der Waals surface area contributed by atoms with Crippen molar-refractivity contribution < 1.29 is 4.79 Å². The van der Waals surface area contributed by atoms with Crippen LogP contribution in [0.5, 0.6) is 0 Å². The van der Waals surface area contributed by atoms with E-state index in [1.165, 1.54) is 0 Å². The monoisotopic (exact) mass is 280 g/mol. The van der Waals surface area contributed by atoms with Crippen LogP contribution in [0.1, 0.15) is 28.8 Å².